The van der Waals surface area contributed by atoms with Gasteiger partial charge in [0.15, 0.2) is 0 Å². The van der Waals surface area contributed by atoms with Crippen molar-refractivity contribution in [3.05, 3.63) is 52.2 Å². The number of aromatic nitrogens is 1. The van der Waals surface area contributed by atoms with Crippen molar-refractivity contribution in [1.82, 2.24) is 9.88 Å². The summed E-state index contributed by atoms with van der Waals surface area (Å²) in [5, 5.41) is 14.1. The molecule has 1 saturated carbocycles. The van der Waals surface area contributed by atoms with E-state index in [1.807, 2.05) is 6.07 Å². The van der Waals surface area contributed by atoms with Gasteiger partial charge in [0.1, 0.15) is 17.1 Å². The molecule has 4 rings (SSSR count). The number of nitro benzene ring substituents is 1. The van der Waals surface area contributed by atoms with Gasteiger partial charge in [-0.15, -0.1) is 0 Å². The molecule has 0 atom stereocenters. The summed E-state index contributed by atoms with van der Waals surface area (Å²) in [5.41, 5.74) is -2.02. The van der Waals surface area contributed by atoms with E-state index in [-0.39, 0.29) is 23.9 Å². The first kappa shape index (κ1) is 27.3. The van der Waals surface area contributed by atoms with Crippen LogP contribution in [-0.4, -0.2) is 65.8 Å². The molecule has 2 aromatic rings. The highest BCUT2D eigenvalue weighted by Crippen LogP contribution is 2.38. The lowest BCUT2D eigenvalue weighted by molar-refractivity contribution is -0.388. The Morgan fingerprint density at radius 2 is 1.84 bits per heavy atom. The van der Waals surface area contributed by atoms with E-state index in [2.05, 4.69) is 15.2 Å². The average molecular weight is 538 g/mol. The van der Waals surface area contributed by atoms with Gasteiger partial charge in [0.25, 0.3) is 5.69 Å². The molecular weight excluding hydrogens is 507 g/mol. The highest BCUT2D eigenvalue weighted by molar-refractivity contribution is 5.68. The lowest BCUT2D eigenvalue weighted by atomic mass is 9.92. The Hall–Kier alpha value is -3.77. The average Bonchev–Trinajstić information content (AvgIpc) is 2.89. The van der Waals surface area contributed by atoms with Crippen molar-refractivity contribution < 1.29 is 32.4 Å². The number of benzene rings is 1. The van der Waals surface area contributed by atoms with Crippen LogP contribution in [0.1, 0.15) is 38.2 Å². The summed E-state index contributed by atoms with van der Waals surface area (Å²) in [7, 11) is 0. The summed E-state index contributed by atoms with van der Waals surface area (Å²) in [6, 6.07) is 6.59. The number of carbonyl (C=O) groups excluding carboxylic acids is 1. The number of halogens is 3. The Labute approximate surface area is 217 Å². The highest BCUT2D eigenvalue weighted by atomic mass is 19.4. The second kappa shape index (κ2) is 11.7. The van der Waals surface area contributed by atoms with Crippen molar-refractivity contribution in [2.24, 2.45) is 0 Å². The Morgan fingerprint density at radius 3 is 2.47 bits per heavy atom. The maximum atomic E-state index is 13.3. The number of anilines is 2. The van der Waals surface area contributed by atoms with Crippen molar-refractivity contribution in [1.29, 1.82) is 0 Å². The monoisotopic (exact) mass is 537 g/mol. The summed E-state index contributed by atoms with van der Waals surface area (Å²) in [5.74, 6) is 1.45. The highest BCUT2D eigenvalue weighted by Gasteiger charge is 2.38. The van der Waals surface area contributed by atoms with Gasteiger partial charge in [-0.1, -0.05) is 0 Å². The number of alkyl halides is 3. The number of carbonyl (C=O) groups is 1. The van der Waals surface area contributed by atoms with Crippen molar-refractivity contribution in [3.63, 3.8) is 0 Å². The second-order valence-corrected chi connectivity index (χ2v) is 9.25. The maximum Gasteiger partial charge on any atom is 0.423 e. The van der Waals surface area contributed by atoms with Crippen molar-refractivity contribution in [2.75, 3.05) is 43.0 Å². The molecular formula is C25H30F3N5O5. The summed E-state index contributed by atoms with van der Waals surface area (Å²) in [4.78, 5) is 30.1. The molecule has 0 bridgehead atoms. The van der Waals surface area contributed by atoms with E-state index in [9.17, 15) is 28.1 Å². The normalized spacial score (nSPS) is 20.1. The fraction of sp³-hybridized carbons (Fsp3) is 0.520. The van der Waals surface area contributed by atoms with E-state index in [1.54, 1.807) is 24.1 Å². The Kier molecular flexibility index (Phi) is 8.42. The molecule has 13 heteroatoms. The van der Waals surface area contributed by atoms with Crippen LogP contribution >= 0.6 is 0 Å². The largest absolute Gasteiger partial charge is 0.490 e. The van der Waals surface area contributed by atoms with E-state index in [0.717, 1.165) is 18.0 Å². The number of nitrogens with one attached hydrogen (secondary N) is 1. The van der Waals surface area contributed by atoms with Crippen LogP contribution < -0.4 is 15.0 Å². The summed E-state index contributed by atoms with van der Waals surface area (Å²) >= 11 is 0. The molecule has 1 saturated heterocycles. The third kappa shape index (κ3) is 6.75. The lowest BCUT2D eigenvalue weighted by Gasteiger charge is -2.35. The van der Waals surface area contributed by atoms with Crippen LogP contribution in [0, 0.1) is 10.1 Å². The Balaban J connectivity index is 1.29. The number of amides is 1. The standard InChI is InChI=1S/C25H30F3N5O5/c1-2-37-24(34)32-13-11-31(12-14-32)23-16-20(9-10-29-23)38-19-6-3-17(4-7-19)30-18-5-8-22(33(35)36)21(15-18)25(26,27)28/h5,8-10,15-17,19,30H,2-4,6-7,11-14H2,1H3/t17-,19-. The molecule has 2 heterocycles. The van der Waals surface area contributed by atoms with Crippen LogP contribution in [0.15, 0.2) is 36.5 Å². The van der Waals surface area contributed by atoms with Crippen LogP contribution in [0.2, 0.25) is 0 Å². The van der Waals surface area contributed by atoms with Crippen LogP contribution in [0.5, 0.6) is 5.75 Å². The van der Waals surface area contributed by atoms with E-state index in [4.69, 9.17) is 9.47 Å². The molecule has 0 spiro atoms. The maximum absolute atomic E-state index is 13.3. The molecule has 10 nitrogen and oxygen atoms in total. The van der Waals surface area contributed by atoms with Crippen molar-refractivity contribution >= 4 is 23.3 Å². The van der Waals surface area contributed by atoms with Gasteiger partial charge in [-0.3, -0.25) is 10.1 Å². The van der Waals surface area contributed by atoms with E-state index in [0.29, 0.717) is 64.2 Å². The van der Waals surface area contributed by atoms with Gasteiger partial charge in [0, 0.05) is 56.2 Å². The Morgan fingerprint density at radius 1 is 1.13 bits per heavy atom. The number of pyridine rings is 1. The van der Waals surface area contributed by atoms with Gasteiger partial charge in [-0.05, 0) is 50.8 Å². The lowest BCUT2D eigenvalue weighted by Crippen LogP contribution is -2.49. The van der Waals surface area contributed by atoms with Crippen molar-refractivity contribution in [3.8, 4) is 5.75 Å². The minimum atomic E-state index is -4.82. The summed E-state index contributed by atoms with van der Waals surface area (Å²) in [6.45, 7) is 4.46. The van der Waals surface area contributed by atoms with Gasteiger partial charge < -0.3 is 24.6 Å². The zero-order valence-corrected chi connectivity index (χ0v) is 20.9. The number of nitrogens with zero attached hydrogens (tertiary/aromatic N) is 4. The molecule has 0 unspecified atom stereocenters. The SMILES string of the molecule is CCOC(=O)N1CCN(c2cc(O[C@H]3CC[C@H](Nc4ccc([N+](=O)[O-])c(C(F)(F)F)c4)CC3)ccn2)CC1. The minimum absolute atomic E-state index is 0.0495. The molecule has 1 aliphatic carbocycles. The minimum Gasteiger partial charge on any atom is -0.490 e. The van der Waals surface area contributed by atoms with Gasteiger partial charge in [-0.2, -0.15) is 13.2 Å². The number of rotatable bonds is 7. The quantitative estimate of drug-likeness (QED) is 0.384. The first-order valence-electron chi connectivity index (χ1n) is 12.6. The van der Waals surface area contributed by atoms with Crippen LogP contribution in [-0.2, 0) is 10.9 Å². The van der Waals surface area contributed by atoms with E-state index in [1.165, 1.54) is 6.07 Å². The van der Waals surface area contributed by atoms with E-state index < -0.39 is 22.4 Å². The topological polar surface area (TPSA) is 110 Å². The number of piperazine rings is 1. The smallest absolute Gasteiger partial charge is 0.423 e. The molecule has 206 valence electrons. The number of hydrogen-bond acceptors (Lipinski definition) is 8. The molecule has 0 radical (unpaired) electrons. The molecule has 2 aliphatic rings. The van der Waals surface area contributed by atoms with Gasteiger partial charge in [-0.25, -0.2) is 9.78 Å². The zero-order chi connectivity index (χ0) is 27.3. The predicted molar refractivity (Wildman–Crippen MR) is 133 cm³/mol. The first-order chi connectivity index (χ1) is 18.1. The fourth-order valence-electron chi connectivity index (χ4n) is 4.74. The van der Waals surface area contributed by atoms with E-state index >= 15 is 0 Å². The van der Waals surface area contributed by atoms with Crippen LogP contribution in [0.4, 0.5) is 35.2 Å². The number of hydrogen-bond donors (Lipinski definition) is 1. The Bertz CT molecular complexity index is 1130. The molecule has 1 amide bonds. The van der Waals surface area contributed by atoms with Crippen molar-refractivity contribution in [2.45, 2.75) is 50.9 Å². The number of ether oxygens (including phenoxy) is 2. The second-order valence-electron chi connectivity index (χ2n) is 9.25. The van der Waals surface area contributed by atoms with Gasteiger partial charge in [0.2, 0.25) is 0 Å². The van der Waals surface area contributed by atoms with Gasteiger partial charge in [0.05, 0.1) is 17.6 Å². The predicted octanol–water partition coefficient (Wildman–Crippen LogP) is 5.09. The molecule has 1 aromatic heterocycles. The molecule has 1 N–H and O–H groups in total. The third-order valence-corrected chi connectivity index (χ3v) is 6.69. The summed E-state index contributed by atoms with van der Waals surface area (Å²) < 4.78 is 51.1. The van der Waals surface area contributed by atoms with Gasteiger partial charge >= 0.3 is 12.3 Å². The fourth-order valence-corrected chi connectivity index (χ4v) is 4.74. The molecule has 1 aliphatic heterocycles. The molecule has 1 aromatic carbocycles. The molecule has 38 heavy (non-hydrogen) atoms. The first-order valence-corrected chi connectivity index (χ1v) is 12.6. The summed E-state index contributed by atoms with van der Waals surface area (Å²) in [6.07, 6.45) is -0.734. The number of nitro groups is 1. The zero-order valence-electron chi connectivity index (χ0n) is 20.9. The van der Waals surface area contributed by atoms with Crippen LogP contribution in [0.3, 0.4) is 0 Å². The van der Waals surface area contributed by atoms with Crippen LogP contribution in [0.25, 0.3) is 0 Å². The third-order valence-electron chi connectivity index (χ3n) is 6.69. The molecule has 2 fully saturated rings.